The molecule has 2 N–H and O–H groups in total. The van der Waals surface area contributed by atoms with E-state index in [0.29, 0.717) is 30.7 Å². The topological polar surface area (TPSA) is 41.1 Å². The predicted octanol–water partition coefficient (Wildman–Crippen LogP) is 6.91. The van der Waals surface area contributed by atoms with Crippen molar-refractivity contribution < 1.29 is 26.7 Å². The van der Waals surface area contributed by atoms with Gasteiger partial charge >= 0.3 is 6.18 Å². The van der Waals surface area contributed by atoms with Crippen LogP contribution >= 0.6 is 0 Å². The Morgan fingerprint density at radius 3 is 2.27 bits per heavy atom. The van der Waals surface area contributed by atoms with Gasteiger partial charge in [-0.25, -0.2) is 8.78 Å². The monoisotopic (exact) mass is 522 g/mol. The maximum absolute atomic E-state index is 13.4. The Morgan fingerprint density at radius 1 is 1.03 bits per heavy atom. The lowest BCUT2D eigenvalue weighted by Gasteiger charge is -2.35. The number of halogens is 5. The molecule has 202 valence electrons. The number of amides is 1. The van der Waals surface area contributed by atoms with Gasteiger partial charge in [0.2, 0.25) is 5.91 Å². The number of carbonyl (C=O) groups excluding carboxylic acids is 1. The first-order chi connectivity index (χ1) is 17.5. The fraction of sp³-hybridized carbons (Fsp3) is 0.552. The highest BCUT2D eigenvalue weighted by molar-refractivity contribution is 5.87. The molecule has 1 amide bonds. The Balaban J connectivity index is 1.38. The van der Waals surface area contributed by atoms with Crippen molar-refractivity contribution in [3.05, 3.63) is 70.5 Å². The lowest BCUT2D eigenvalue weighted by Crippen LogP contribution is -2.56. The van der Waals surface area contributed by atoms with E-state index in [1.165, 1.54) is 23.8 Å². The smallest absolute Gasteiger partial charge is 0.350 e. The van der Waals surface area contributed by atoms with Crippen LogP contribution in [0.3, 0.4) is 0 Å². The van der Waals surface area contributed by atoms with Gasteiger partial charge < -0.3 is 10.6 Å². The predicted molar refractivity (Wildman–Crippen MR) is 133 cm³/mol. The van der Waals surface area contributed by atoms with Gasteiger partial charge in [0, 0.05) is 6.54 Å². The van der Waals surface area contributed by atoms with E-state index in [1.807, 2.05) is 26.0 Å². The highest BCUT2D eigenvalue weighted by Crippen LogP contribution is 2.44. The molecule has 8 heteroatoms. The van der Waals surface area contributed by atoms with E-state index >= 15 is 0 Å². The Hall–Kier alpha value is -2.48. The largest absolute Gasteiger partial charge is 0.416 e. The van der Waals surface area contributed by atoms with Crippen LogP contribution in [-0.2, 0) is 24.2 Å². The van der Waals surface area contributed by atoms with Crippen LogP contribution in [0.5, 0.6) is 0 Å². The van der Waals surface area contributed by atoms with Crippen LogP contribution in [0.15, 0.2) is 42.5 Å². The summed E-state index contributed by atoms with van der Waals surface area (Å²) in [5.41, 5.74) is -0.383. The number of rotatable bonds is 7. The first kappa shape index (κ1) is 27.6. The van der Waals surface area contributed by atoms with Crippen LogP contribution in [0, 0.1) is 23.6 Å². The van der Waals surface area contributed by atoms with Crippen molar-refractivity contribution >= 4 is 5.91 Å². The van der Waals surface area contributed by atoms with E-state index in [1.54, 1.807) is 0 Å². The van der Waals surface area contributed by atoms with E-state index in [2.05, 4.69) is 10.6 Å². The zero-order valence-electron chi connectivity index (χ0n) is 21.3. The minimum Gasteiger partial charge on any atom is -0.350 e. The molecule has 0 radical (unpaired) electrons. The molecule has 2 fully saturated rings. The molecule has 0 spiro atoms. The zero-order chi connectivity index (χ0) is 26.8. The molecule has 1 saturated carbocycles. The molecule has 1 aliphatic carbocycles. The zero-order valence-corrected chi connectivity index (χ0v) is 21.3. The lowest BCUT2D eigenvalue weighted by atomic mass is 9.71. The Morgan fingerprint density at radius 2 is 1.68 bits per heavy atom. The van der Waals surface area contributed by atoms with Crippen molar-refractivity contribution in [2.24, 2.45) is 17.8 Å². The summed E-state index contributed by atoms with van der Waals surface area (Å²) in [5, 5.41) is 6.29. The molecule has 37 heavy (non-hydrogen) atoms. The minimum atomic E-state index is -4.58. The van der Waals surface area contributed by atoms with Crippen LogP contribution in [0.2, 0.25) is 0 Å². The summed E-state index contributed by atoms with van der Waals surface area (Å²) in [5.74, 6) is 0.752. The molecule has 1 heterocycles. The van der Waals surface area contributed by atoms with Crippen molar-refractivity contribution in [2.75, 3.05) is 6.54 Å². The molecule has 2 aliphatic rings. The number of alkyl halides is 4. The maximum Gasteiger partial charge on any atom is 0.416 e. The quantitative estimate of drug-likeness (QED) is 0.388. The van der Waals surface area contributed by atoms with Gasteiger partial charge in [-0.2, -0.15) is 13.2 Å². The van der Waals surface area contributed by atoms with Crippen LogP contribution in [0.1, 0.15) is 74.1 Å². The summed E-state index contributed by atoms with van der Waals surface area (Å²) in [4.78, 5) is 13.4. The third-order valence-corrected chi connectivity index (χ3v) is 8.42. The molecule has 1 aliphatic heterocycles. The standard InChI is InChI=1S/C29H35F5N2O/c1-18(2)28(27(37)35-16-20-11-19(15-30)12-25(13-20)29(32,33)34)14-24(17-36-28)23-5-3-21(4-6-23)22-7-9-26(31)10-8-22/h7-13,18,21,23-24,36H,3-6,14-17H2,1-2H3,(H,35,37). The molecule has 1 saturated heterocycles. The summed E-state index contributed by atoms with van der Waals surface area (Å²) in [6, 6.07) is 9.88. The van der Waals surface area contributed by atoms with Gasteiger partial charge in [-0.1, -0.05) is 32.0 Å². The first-order valence-corrected chi connectivity index (χ1v) is 13.1. The number of carbonyl (C=O) groups is 1. The van der Waals surface area contributed by atoms with Crippen molar-refractivity contribution in [1.82, 2.24) is 10.6 Å². The van der Waals surface area contributed by atoms with E-state index in [-0.39, 0.29) is 35.3 Å². The van der Waals surface area contributed by atoms with E-state index in [4.69, 9.17) is 0 Å². The minimum absolute atomic E-state index is 0.0176. The Kier molecular flexibility index (Phi) is 8.26. The highest BCUT2D eigenvalue weighted by Gasteiger charge is 2.49. The van der Waals surface area contributed by atoms with Gasteiger partial charge in [-0.3, -0.25) is 4.79 Å². The van der Waals surface area contributed by atoms with Gasteiger partial charge in [-0.15, -0.1) is 0 Å². The fourth-order valence-corrected chi connectivity index (χ4v) is 6.18. The van der Waals surface area contributed by atoms with Gasteiger partial charge in [0.05, 0.1) is 5.56 Å². The fourth-order valence-electron chi connectivity index (χ4n) is 6.18. The summed E-state index contributed by atoms with van der Waals surface area (Å²) < 4.78 is 66.1. The van der Waals surface area contributed by atoms with E-state index in [9.17, 15) is 26.7 Å². The molecule has 0 bridgehead atoms. The number of hydrogen-bond donors (Lipinski definition) is 2. The average molecular weight is 523 g/mol. The first-order valence-electron chi connectivity index (χ1n) is 13.1. The second kappa shape index (κ2) is 11.1. The van der Waals surface area contributed by atoms with Crippen LogP contribution in [-0.4, -0.2) is 18.0 Å². The van der Waals surface area contributed by atoms with Gasteiger partial charge in [0.1, 0.15) is 18.0 Å². The molecule has 4 rings (SSSR count). The highest BCUT2D eigenvalue weighted by atomic mass is 19.4. The molecule has 0 aromatic heterocycles. The normalized spacial score (nSPS) is 26.4. The van der Waals surface area contributed by atoms with Crippen molar-refractivity contribution in [2.45, 2.75) is 76.8 Å². The Bertz CT molecular complexity index is 1080. The molecular weight excluding hydrogens is 487 g/mol. The van der Waals surface area contributed by atoms with Crippen LogP contribution in [0.25, 0.3) is 0 Å². The van der Waals surface area contributed by atoms with Gasteiger partial charge in [0.25, 0.3) is 0 Å². The van der Waals surface area contributed by atoms with Crippen LogP contribution < -0.4 is 10.6 Å². The van der Waals surface area contributed by atoms with E-state index < -0.39 is 24.0 Å². The molecular formula is C29H35F5N2O. The molecule has 2 aromatic carbocycles. The van der Waals surface area contributed by atoms with Crippen molar-refractivity contribution in [1.29, 1.82) is 0 Å². The Labute approximate surface area is 215 Å². The number of hydrogen-bond acceptors (Lipinski definition) is 2. The summed E-state index contributed by atoms with van der Waals surface area (Å²) >= 11 is 0. The third-order valence-electron chi connectivity index (χ3n) is 8.42. The maximum atomic E-state index is 13.4. The summed E-state index contributed by atoms with van der Waals surface area (Å²) in [7, 11) is 0. The third kappa shape index (κ3) is 6.16. The van der Waals surface area contributed by atoms with E-state index in [0.717, 1.165) is 37.8 Å². The lowest BCUT2D eigenvalue weighted by molar-refractivity contribution is -0.137. The summed E-state index contributed by atoms with van der Waals surface area (Å²) in [6.45, 7) is 3.57. The van der Waals surface area contributed by atoms with Gasteiger partial charge in [-0.05, 0) is 103 Å². The number of benzene rings is 2. The average Bonchev–Trinajstić information content (AvgIpc) is 3.34. The second-order valence-electron chi connectivity index (χ2n) is 11.0. The summed E-state index contributed by atoms with van der Waals surface area (Å²) in [6.07, 6.45) is 0.223. The molecule has 2 atom stereocenters. The molecule has 2 unspecified atom stereocenters. The molecule has 2 aromatic rings. The van der Waals surface area contributed by atoms with Crippen molar-refractivity contribution in [3.63, 3.8) is 0 Å². The van der Waals surface area contributed by atoms with Crippen LogP contribution in [0.4, 0.5) is 22.0 Å². The second-order valence-corrected chi connectivity index (χ2v) is 11.0. The SMILES string of the molecule is CC(C)C1(C(=O)NCc2cc(CF)cc(C(F)(F)F)c2)CC(C2CCC(c3ccc(F)cc3)CC2)CN1. The molecule has 3 nitrogen and oxygen atoms in total. The number of nitrogens with one attached hydrogen (secondary N) is 2. The van der Waals surface area contributed by atoms with Crippen molar-refractivity contribution in [3.8, 4) is 0 Å². The van der Waals surface area contributed by atoms with Gasteiger partial charge in [0.15, 0.2) is 0 Å².